The molecule has 1 saturated carbocycles. The van der Waals surface area contributed by atoms with Crippen LogP contribution in [-0.2, 0) is 16.2 Å². The summed E-state index contributed by atoms with van der Waals surface area (Å²) < 4.78 is 67.7. The Hall–Kier alpha value is -3.25. The van der Waals surface area contributed by atoms with Crippen LogP contribution in [0.5, 0.6) is 0 Å². The summed E-state index contributed by atoms with van der Waals surface area (Å²) in [6.45, 7) is 1.91. The highest BCUT2D eigenvalue weighted by Crippen LogP contribution is 2.39. The predicted molar refractivity (Wildman–Crippen MR) is 141 cm³/mol. The second-order valence-corrected chi connectivity index (χ2v) is 11.5. The van der Waals surface area contributed by atoms with E-state index in [1.807, 2.05) is 0 Å². The number of hydrogen-bond donors (Lipinski definition) is 2. The molecule has 0 unspecified atom stereocenters. The highest BCUT2D eigenvalue weighted by molar-refractivity contribution is 7.92. The fraction of sp³-hybridized carbons (Fsp3) is 0.423. The monoisotopic (exact) mass is 550 g/mol. The lowest BCUT2D eigenvalue weighted by atomic mass is 9.77. The zero-order valence-electron chi connectivity index (χ0n) is 20.6. The van der Waals surface area contributed by atoms with Crippen LogP contribution in [0, 0.1) is 0 Å². The summed E-state index contributed by atoms with van der Waals surface area (Å²) in [5, 5.41) is 3.48. The number of benzene rings is 1. The van der Waals surface area contributed by atoms with Crippen molar-refractivity contribution >= 4 is 21.7 Å². The van der Waals surface area contributed by atoms with E-state index in [1.165, 1.54) is 43.0 Å². The Morgan fingerprint density at radius 1 is 1.00 bits per heavy atom. The zero-order chi connectivity index (χ0) is 26.8. The average molecular weight is 551 g/mol. The van der Waals surface area contributed by atoms with Crippen molar-refractivity contribution < 1.29 is 24.4 Å². The molecule has 12 heteroatoms. The van der Waals surface area contributed by atoms with E-state index in [2.05, 4.69) is 29.9 Å². The van der Waals surface area contributed by atoms with Gasteiger partial charge in [-0.15, -0.1) is 0 Å². The van der Waals surface area contributed by atoms with Gasteiger partial charge in [0.1, 0.15) is 22.9 Å². The summed E-state index contributed by atoms with van der Waals surface area (Å²) in [5.41, 5.74) is 0.118. The second kappa shape index (κ2) is 10.9. The molecule has 3 heterocycles. The largest absolute Gasteiger partial charge is 0.416 e. The Morgan fingerprint density at radius 3 is 2.50 bits per heavy atom. The van der Waals surface area contributed by atoms with Gasteiger partial charge >= 0.3 is 6.18 Å². The molecule has 0 spiro atoms. The van der Waals surface area contributed by atoms with E-state index < -0.39 is 21.8 Å². The van der Waals surface area contributed by atoms with E-state index in [1.54, 1.807) is 12.1 Å². The molecule has 206 valence electrons. The number of nitrogens with one attached hydrogen (secondary N) is 2. The van der Waals surface area contributed by atoms with Crippen molar-refractivity contribution in [3.8, 4) is 0 Å². The molecule has 5 rings (SSSR count). The van der Waals surface area contributed by atoms with E-state index >= 15 is 0 Å². The number of sulfonamides is 1. The minimum atomic E-state index is -4.36. The Kier molecular flexibility index (Phi) is 7.53. The number of aromatic nitrogens is 3. The zero-order valence-corrected chi connectivity index (χ0v) is 21.4. The molecule has 0 radical (unpaired) electrons. The molecule has 1 aliphatic heterocycles. The molecule has 2 aliphatic rings. The third-order valence-electron chi connectivity index (χ3n) is 7.31. The van der Waals surface area contributed by atoms with Crippen LogP contribution in [0.2, 0.25) is 0 Å². The molecule has 1 aromatic carbocycles. The van der Waals surface area contributed by atoms with Gasteiger partial charge in [-0.3, -0.25) is 9.62 Å². The Morgan fingerprint density at radius 2 is 1.82 bits per heavy atom. The molecule has 2 aromatic heterocycles. The van der Waals surface area contributed by atoms with Gasteiger partial charge in [0.2, 0.25) is 0 Å². The van der Waals surface area contributed by atoms with Crippen LogP contribution in [0.1, 0.15) is 52.0 Å². The predicted octanol–water partition coefficient (Wildman–Crippen LogP) is 5.40. The summed E-state index contributed by atoms with van der Waals surface area (Å²) in [6.07, 6.45) is 4.08. The Labute approximate surface area is 222 Å². The van der Waals surface area contributed by atoms with Crippen LogP contribution >= 0.6 is 0 Å². The minimum Gasteiger partial charge on any atom is -0.366 e. The Bertz CT molecular complexity index is 1340. The number of halogens is 3. The molecule has 8 nitrogen and oxygen atoms in total. The molecule has 2 N–H and O–H groups in total. The van der Waals surface area contributed by atoms with Crippen LogP contribution in [0.15, 0.2) is 66.1 Å². The lowest BCUT2D eigenvalue weighted by molar-refractivity contribution is -0.137. The number of pyridine rings is 1. The smallest absolute Gasteiger partial charge is 0.366 e. The molecule has 38 heavy (non-hydrogen) atoms. The number of rotatable bonds is 7. The Balaban J connectivity index is 0.00000220. The van der Waals surface area contributed by atoms with Gasteiger partial charge in [-0.2, -0.15) is 13.2 Å². The first kappa shape index (κ1) is 26.4. The van der Waals surface area contributed by atoms with Crippen molar-refractivity contribution in [2.45, 2.75) is 61.2 Å². The van der Waals surface area contributed by atoms with Gasteiger partial charge in [0.15, 0.2) is 0 Å². The van der Waals surface area contributed by atoms with Crippen LogP contribution in [0.25, 0.3) is 0 Å². The summed E-state index contributed by atoms with van der Waals surface area (Å²) in [4.78, 5) is 14.4. The third-order valence-corrected chi connectivity index (χ3v) is 8.65. The van der Waals surface area contributed by atoms with E-state index in [0.717, 1.165) is 56.8 Å². The van der Waals surface area contributed by atoms with Crippen molar-refractivity contribution in [1.82, 2.24) is 19.9 Å². The van der Waals surface area contributed by atoms with Gasteiger partial charge in [-0.1, -0.05) is 18.2 Å². The number of hydrogen-bond acceptors (Lipinski definition) is 7. The number of anilines is 2. The topological polar surface area (TPSA) is 100 Å². The highest BCUT2D eigenvalue weighted by atomic mass is 32.2. The van der Waals surface area contributed by atoms with Crippen molar-refractivity contribution in [3.63, 3.8) is 0 Å². The minimum absolute atomic E-state index is 0. The van der Waals surface area contributed by atoms with E-state index in [9.17, 15) is 21.6 Å². The molecule has 3 aromatic rings. The summed E-state index contributed by atoms with van der Waals surface area (Å²) in [7, 11) is -3.86. The molecule has 1 saturated heterocycles. The maximum atomic E-state index is 13.3. The molecular formula is C26H33F3N6O2S. The number of nitrogens with zero attached hydrogens (tertiary/aromatic N) is 4. The highest BCUT2D eigenvalue weighted by Gasteiger charge is 2.37. The van der Waals surface area contributed by atoms with Crippen LogP contribution < -0.4 is 10.0 Å². The average Bonchev–Trinajstić information content (AvgIpc) is 3.44. The fourth-order valence-electron chi connectivity index (χ4n) is 5.43. The first-order valence-electron chi connectivity index (χ1n) is 12.6. The second-order valence-electron chi connectivity index (χ2n) is 9.77. The normalized spacial score (nSPS) is 22.8. The van der Waals surface area contributed by atoms with Crippen LogP contribution in [-0.4, -0.2) is 53.4 Å². The summed E-state index contributed by atoms with van der Waals surface area (Å²) >= 11 is 0. The maximum Gasteiger partial charge on any atom is 0.416 e. The SMILES string of the molecule is O=S(=O)(Nc1ccncn1)c1ccc(N[C@H]2CC[C@H](c3cccc(C(F)(F)F)c3)C[C@@H]2N2CCCC2)nc1.[HH].[HH]. The lowest BCUT2D eigenvalue weighted by Crippen LogP contribution is -2.49. The van der Waals surface area contributed by atoms with Crippen LogP contribution in [0.4, 0.5) is 24.8 Å². The molecule has 0 amide bonds. The fourth-order valence-corrected chi connectivity index (χ4v) is 6.38. The van der Waals surface area contributed by atoms with Crippen molar-refractivity contribution in [2.24, 2.45) is 0 Å². The van der Waals surface area contributed by atoms with Crippen molar-refractivity contribution in [1.29, 1.82) is 0 Å². The lowest BCUT2D eigenvalue weighted by Gasteiger charge is -2.42. The molecule has 1 aliphatic carbocycles. The quantitative estimate of drug-likeness (QED) is 0.407. The van der Waals surface area contributed by atoms with Crippen molar-refractivity contribution in [3.05, 3.63) is 72.3 Å². The molecule has 0 bridgehead atoms. The number of alkyl halides is 3. The first-order chi connectivity index (χ1) is 18.2. The molecular weight excluding hydrogens is 517 g/mol. The summed E-state index contributed by atoms with van der Waals surface area (Å²) in [6, 6.07) is 10.4. The standard InChI is InChI=1S/C26H29F3N6O2S.2H2/c27-26(28,29)20-5-3-4-18(14-20)19-6-8-22(23(15-19)35-12-1-2-13-35)33-24-9-7-21(16-31-24)38(36,37)34-25-10-11-30-17-32-25;;/h3-5,7,9-11,14,16-17,19,22-23H,1-2,6,8,12-13,15H2,(H,31,33)(H,30,32,34);2*1H/t19-,22-,23-;;/m0../s1. The molecule has 2 fully saturated rings. The third kappa shape index (κ3) is 6.07. The van der Waals surface area contributed by atoms with Gasteiger partial charge in [0.25, 0.3) is 10.0 Å². The maximum absolute atomic E-state index is 13.3. The summed E-state index contributed by atoms with van der Waals surface area (Å²) in [5.74, 6) is 0.750. The number of likely N-dealkylation sites (tertiary alicyclic amines) is 1. The van der Waals surface area contributed by atoms with E-state index in [-0.39, 0.29) is 31.6 Å². The van der Waals surface area contributed by atoms with E-state index in [4.69, 9.17) is 0 Å². The van der Waals surface area contributed by atoms with E-state index in [0.29, 0.717) is 5.82 Å². The van der Waals surface area contributed by atoms with Crippen LogP contribution in [0.3, 0.4) is 0 Å². The van der Waals surface area contributed by atoms with Gasteiger partial charge in [0.05, 0.1) is 5.56 Å². The van der Waals surface area contributed by atoms with Gasteiger partial charge < -0.3 is 5.32 Å². The van der Waals surface area contributed by atoms with Gasteiger partial charge in [-0.25, -0.2) is 23.4 Å². The molecule has 3 atom stereocenters. The van der Waals surface area contributed by atoms with Gasteiger partial charge in [-0.05, 0) is 80.9 Å². The first-order valence-corrected chi connectivity index (χ1v) is 14.1. The van der Waals surface area contributed by atoms with Crippen molar-refractivity contribution in [2.75, 3.05) is 23.1 Å². The van der Waals surface area contributed by atoms with Gasteiger partial charge in [0, 0.05) is 27.3 Å².